The summed E-state index contributed by atoms with van der Waals surface area (Å²) in [6.45, 7) is 4.19. The van der Waals surface area contributed by atoms with E-state index in [1.165, 1.54) is 43.8 Å². The quantitative estimate of drug-likeness (QED) is 0.0978. The summed E-state index contributed by atoms with van der Waals surface area (Å²) in [5.74, 6) is 0.441. The molecule has 0 aliphatic heterocycles. The van der Waals surface area contributed by atoms with E-state index in [0.717, 1.165) is 50.2 Å². The van der Waals surface area contributed by atoms with Gasteiger partial charge < -0.3 is 14.9 Å². The molecule has 1 aliphatic carbocycles. The van der Waals surface area contributed by atoms with Crippen LogP contribution in [0.15, 0.2) is 229 Å². The normalized spacial score (nSPS) is 12.4. The van der Waals surface area contributed by atoms with E-state index >= 15 is 0 Å². The van der Waals surface area contributed by atoms with Crippen molar-refractivity contribution in [2.45, 2.75) is 13.8 Å². The number of hydrogen-bond donors (Lipinski definition) is 2. The van der Waals surface area contributed by atoms with Crippen molar-refractivity contribution in [3.05, 3.63) is 246 Å². The third-order valence-electron chi connectivity index (χ3n) is 11.8. The fourth-order valence-corrected chi connectivity index (χ4v) is 8.59. The van der Waals surface area contributed by atoms with Crippen molar-refractivity contribution in [1.82, 2.24) is 9.13 Å². The maximum absolute atomic E-state index is 8.77. The largest absolute Gasteiger partial charge is 0.383 e. The van der Waals surface area contributed by atoms with Gasteiger partial charge in [0.2, 0.25) is 0 Å². The molecule has 8 aromatic carbocycles. The average molecular weight is 824 g/mol. The molecule has 3 N–H and O–H groups in total. The van der Waals surface area contributed by atoms with Crippen LogP contribution in [0, 0.1) is 19.3 Å². The molecule has 10 aromatic rings. The first-order valence-corrected chi connectivity index (χ1v) is 21.5. The number of nitrogens with two attached hydrogens (primary N) is 1. The third-order valence-corrected chi connectivity index (χ3v) is 11.8. The van der Waals surface area contributed by atoms with E-state index in [4.69, 9.17) is 11.1 Å². The number of amidine groups is 2. The van der Waals surface area contributed by atoms with Gasteiger partial charge in [0.15, 0.2) is 5.84 Å². The molecule has 0 saturated carbocycles. The molecule has 1 aliphatic rings. The minimum Gasteiger partial charge on any atom is -0.383 e. The Hall–Kier alpha value is -8.50. The van der Waals surface area contributed by atoms with E-state index in [1.54, 1.807) is 0 Å². The minimum absolute atomic E-state index is 0.121. The fraction of sp³-hybridized carbons (Fsp3) is 0.0339. The highest BCUT2D eigenvalue weighted by Gasteiger charge is 2.17. The highest BCUT2D eigenvalue weighted by molar-refractivity contribution is 6.14. The smallest absolute Gasteiger partial charge is 0.154 e. The van der Waals surface area contributed by atoms with Crippen LogP contribution in [0.25, 0.3) is 77.2 Å². The van der Waals surface area contributed by atoms with Crippen molar-refractivity contribution >= 4 is 61.0 Å². The van der Waals surface area contributed by atoms with Crippen LogP contribution in [-0.4, -0.2) is 20.8 Å². The summed E-state index contributed by atoms with van der Waals surface area (Å²) >= 11 is 0. The third kappa shape index (κ3) is 7.69. The van der Waals surface area contributed by atoms with Crippen LogP contribution in [0.3, 0.4) is 0 Å². The van der Waals surface area contributed by atoms with E-state index in [1.807, 2.05) is 66.8 Å². The number of para-hydroxylation sites is 2. The van der Waals surface area contributed by atoms with Crippen molar-refractivity contribution in [2.24, 2.45) is 10.7 Å². The number of allylic oxidation sites excluding steroid dienone is 5. The molecule has 2 aromatic heterocycles. The van der Waals surface area contributed by atoms with Gasteiger partial charge in [0, 0.05) is 44.4 Å². The Morgan fingerprint density at radius 3 is 1.77 bits per heavy atom. The molecule has 306 valence electrons. The molecule has 0 radical (unpaired) electrons. The van der Waals surface area contributed by atoms with E-state index in [2.05, 4.69) is 185 Å². The van der Waals surface area contributed by atoms with E-state index in [0.29, 0.717) is 11.4 Å². The van der Waals surface area contributed by atoms with Gasteiger partial charge in [-0.25, -0.2) is 4.99 Å². The molecule has 0 amide bonds. The molecule has 5 nitrogen and oxygen atoms in total. The molecular formula is C59H45N5. The number of rotatable bonds is 6. The van der Waals surface area contributed by atoms with E-state index in [9.17, 15) is 0 Å². The molecule has 0 atom stereocenters. The zero-order valence-electron chi connectivity index (χ0n) is 35.7. The standard InChI is InChI=1S/C51H35N5.C8H10/c52-50(34-14-5-3-6-15-34)54-51(53)39-17-13-16-35(30-39)38-24-27-43-45-32-37(26-29-48(45)56(49(43)33-38)41-20-9-4-10-21-41)36-25-28-47-44(31-36)42-22-11-12-23-46(42)55(47)40-18-7-1-2-8-19-40;1-7-3-5-8(2)6-4-7/h1-7,9-33H,(H3,52,53,54);3-6H,1-2H3. The van der Waals surface area contributed by atoms with Gasteiger partial charge in [-0.3, -0.25) is 5.41 Å². The minimum atomic E-state index is 0.121. The monoisotopic (exact) mass is 823 g/mol. The molecule has 5 heteroatoms. The van der Waals surface area contributed by atoms with Crippen LogP contribution in [0.1, 0.15) is 22.3 Å². The van der Waals surface area contributed by atoms with Gasteiger partial charge in [0.25, 0.3) is 0 Å². The fourth-order valence-electron chi connectivity index (χ4n) is 8.59. The van der Waals surface area contributed by atoms with Gasteiger partial charge in [0.1, 0.15) is 5.84 Å². The summed E-state index contributed by atoms with van der Waals surface area (Å²) in [5.41, 5.74) is 24.9. The molecule has 11 rings (SSSR count). The van der Waals surface area contributed by atoms with Gasteiger partial charge in [0.05, 0.1) is 27.8 Å². The SMILES string of the molecule is Cc1ccc(C)cc1.N=C(N=C(N)c1ccccc1)c1cccc(-c2ccc3c4cc(-c5ccc6c(c5)c5ccccc5n6C5=CC=CC=C=C5)ccc4n(-c4ccccc4)c3c2)c1. The summed E-state index contributed by atoms with van der Waals surface area (Å²) < 4.78 is 4.67. The van der Waals surface area contributed by atoms with Crippen LogP contribution in [0.2, 0.25) is 0 Å². The second kappa shape index (κ2) is 17.1. The van der Waals surface area contributed by atoms with Crippen molar-refractivity contribution in [3.63, 3.8) is 0 Å². The molecule has 0 fully saturated rings. The summed E-state index contributed by atoms with van der Waals surface area (Å²) in [5, 5.41) is 13.6. The zero-order chi connectivity index (χ0) is 43.6. The zero-order valence-corrected chi connectivity index (χ0v) is 35.7. The number of aryl methyl sites for hydroxylation is 2. The van der Waals surface area contributed by atoms with Crippen LogP contribution >= 0.6 is 0 Å². The Labute approximate surface area is 372 Å². The molecule has 0 spiro atoms. The molecule has 0 bridgehead atoms. The highest BCUT2D eigenvalue weighted by Crippen LogP contribution is 2.39. The topological polar surface area (TPSA) is 72.1 Å². The summed E-state index contributed by atoms with van der Waals surface area (Å²) in [6.07, 6.45) is 10.2. The predicted molar refractivity (Wildman–Crippen MR) is 271 cm³/mol. The van der Waals surface area contributed by atoms with Crippen LogP contribution < -0.4 is 5.73 Å². The molecule has 2 heterocycles. The van der Waals surface area contributed by atoms with Gasteiger partial charge in [-0.05, 0) is 103 Å². The first kappa shape index (κ1) is 39.6. The summed E-state index contributed by atoms with van der Waals surface area (Å²) in [4.78, 5) is 4.44. The first-order chi connectivity index (χ1) is 31.4. The average Bonchev–Trinajstić information content (AvgIpc) is 3.70. The van der Waals surface area contributed by atoms with Crippen molar-refractivity contribution < 1.29 is 0 Å². The lowest BCUT2D eigenvalue weighted by atomic mass is 9.99. The van der Waals surface area contributed by atoms with Crippen molar-refractivity contribution in [3.8, 4) is 27.9 Å². The van der Waals surface area contributed by atoms with Crippen LogP contribution in [-0.2, 0) is 0 Å². The van der Waals surface area contributed by atoms with Gasteiger partial charge in [-0.2, -0.15) is 0 Å². The number of benzene rings is 8. The summed E-state index contributed by atoms with van der Waals surface area (Å²) in [7, 11) is 0. The van der Waals surface area contributed by atoms with Crippen LogP contribution in [0.4, 0.5) is 0 Å². The lowest BCUT2D eigenvalue weighted by Gasteiger charge is -2.10. The Morgan fingerprint density at radius 2 is 1.05 bits per heavy atom. The van der Waals surface area contributed by atoms with Crippen LogP contribution in [0.5, 0.6) is 0 Å². The Balaban J connectivity index is 0.000000549. The first-order valence-electron chi connectivity index (χ1n) is 21.5. The lowest BCUT2D eigenvalue weighted by Crippen LogP contribution is -2.15. The Bertz CT molecular complexity index is 3530. The Morgan fingerprint density at radius 1 is 0.484 bits per heavy atom. The number of nitrogens with one attached hydrogen (secondary N) is 1. The molecule has 0 saturated heterocycles. The number of aliphatic imine (C=N–C) groups is 1. The maximum Gasteiger partial charge on any atom is 0.154 e. The number of nitrogens with zero attached hydrogens (tertiary/aromatic N) is 3. The molecular weight excluding hydrogens is 779 g/mol. The maximum atomic E-state index is 8.77. The van der Waals surface area contributed by atoms with Crippen molar-refractivity contribution in [2.75, 3.05) is 0 Å². The van der Waals surface area contributed by atoms with E-state index in [-0.39, 0.29) is 5.84 Å². The van der Waals surface area contributed by atoms with Gasteiger partial charge in [-0.1, -0.05) is 157 Å². The molecule has 0 unspecified atom stereocenters. The van der Waals surface area contributed by atoms with E-state index < -0.39 is 0 Å². The molecule has 64 heavy (non-hydrogen) atoms. The summed E-state index contributed by atoms with van der Waals surface area (Å²) in [6, 6.07) is 65.5. The Kier molecular flexibility index (Phi) is 10.6. The predicted octanol–water partition coefficient (Wildman–Crippen LogP) is 14.4. The number of fused-ring (bicyclic) bond motifs is 6. The number of hydrogen-bond acceptors (Lipinski definition) is 1. The van der Waals surface area contributed by atoms with Crippen molar-refractivity contribution in [1.29, 1.82) is 5.41 Å². The second-order valence-corrected chi connectivity index (χ2v) is 16.1. The number of aromatic nitrogens is 2. The lowest BCUT2D eigenvalue weighted by molar-refractivity contribution is 1.18. The highest BCUT2D eigenvalue weighted by atomic mass is 15.0. The second-order valence-electron chi connectivity index (χ2n) is 16.1. The van der Waals surface area contributed by atoms with Gasteiger partial charge in [-0.15, -0.1) is 5.73 Å². The van der Waals surface area contributed by atoms with Gasteiger partial charge >= 0.3 is 0 Å².